The van der Waals surface area contributed by atoms with Crippen LogP contribution in [0.2, 0.25) is 0 Å². The molecule has 0 saturated carbocycles. The fraction of sp³-hybridized carbons (Fsp3) is 0.348. The molecule has 1 aliphatic rings. The highest BCUT2D eigenvalue weighted by Crippen LogP contribution is 2.44. The number of aliphatic hydroxyl groups excluding tert-OH is 4. The van der Waals surface area contributed by atoms with Crippen LogP contribution in [-0.4, -0.2) is 87.3 Å². The predicted octanol–water partition coefficient (Wildman–Crippen LogP) is -0.227. The van der Waals surface area contributed by atoms with E-state index in [9.17, 15) is 40.5 Å². The van der Waals surface area contributed by atoms with Gasteiger partial charge in [-0.1, -0.05) is 0 Å². The Hall–Kier alpha value is -3.75. The molecule has 4 rings (SSSR count). The summed E-state index contributed by atoms with van der Waals surface area (Å²) in [5.41, 5.74) is -0.993. The Morgan fingerprint density at radius 3 is 2.08 bits per heavy atom. The van der Waals surface area contributed by atoms with E-state index in [-0.39, 0.29) is 34.0 Å². The van der Waals surface area contributed by atoms with Crippen LogP contribution in [0.3, 0.4) is 0 Å². The number of benzene rings is 2. The van der Waals surface area contributed by atoms with E-state index >= 15 is 0 Å². The molecule has 13 nitrogen and oxygen atoms in total. The van der Waals surface area contributed by atoms with Crippen molar-refractivity contribution in [3.8, 4) is 45.8 Å². The molecule has 0 spiro atoms. The van der Waals surface area contributed by atoms with E-state index in [4.69, 9.17) is 23.4 Å². The van der Waals surface area contributed by atoms with Crippen molar-refractivity contribution < 1.29 is 59.1 Å². The molecule has 1 saturated heterocycles. The van der Waals surface area contributed by atoms with Gasteiger partial charge in [-0.2, -0.15) is 0 Å². The SMILES string of the molecule is COc1cc(-c2cc(=O)c3c(O)cc(O[C@@H]4O[C@H](CO)[C@@H](O)[C@H](O)[C@H]4O)c(O)c3o2)cc(OC)c1O. The highest BCUT2D eigenvalue weighted by atomic mass is 16.7. The van der Waals surface area contributed by atoms with E-state index in [1.54, 1.807) is 0 Å². The Balaban J connectivity index is 1.81. The van der Waals surface area contributed by atoms with Gasteiger partial charge in [0.15, 0.2) is 28.3 Å². The summed E-state index contributed by atoms with van der Waals surface area (Å²) in [6, 6.07) is 4.63. The maximum atomic E-state index is 12.8. The third kappa shape index (κ3) is 4.23. The number of hydrogen-bond acceptors (Lipinski definition) is 13. The molecule has 3 aromatic rings. The molecule has 1 aromatic heterocycles. The van der Waals surface area contributed by atoms with Crippen molar-refractivity contribution in [1.82, 2.24) is 0 Å². The molecule has 2 heterocycles. The second kappa shape index (κ2) is 9.72. The zero-order valence-corrected chi connectivity index (χ0v) is 19.0. The number of phenolic OH excluding ortho intramolecular Hbond substituents is 3. The minimum Gasteiger partial charge on any atom is -0.507 e. The number of fused-ring (bicyclic) bond motifs is 1. The summed E-state index contributed by atoms with van der Waals surface area (Å²) in [7, 11) is 2.61. The molecular weight excluding hydrogens is 484 g/mol. The summed E-state index contributed by atoms with van der Waals surface area (Å²) < 4.78 is 26.6. The second-order valence-electron chi connectivity index (χ2n) is 7.97. The zero-order chi connectivity index (χ0) is 26.3. The van der Waals surface area contributed by atoms with Gasteiger partial charge in [0, 0.05) is 17.7 Å². The average Bonchev–Trinajstić information content (AvgIpc) is 2.86. The molecule has 13 heteroatoms. The van der Waals surface area contributed by atoms with Gasteiger partial charge in [0.25, 0.3) is 0 Å². The van der Waals surface area contributed by atoms with Gasteiger partial charge in [0.2, 0.25) is 17.8 Å². The van der Waals surface area contributed by atoms with Crippen LogP contribution in [0.1, 0.15) is 0 Å². The van der Waals surface area contributed by atoms with E-state index in [0.717, 1.165) is 12.1 Å². The molecule has 1 fully saturated rings. The molecule has 7 N–H and O–H groups in total. The number of methoxy groups -OCH3 is 2. The fourth-order valence-electron chi connectivity index (χ4n) is 3.84. The molecular formula is C23H24O13. The van der Waals surface area contributed by atoms with Gasteiger partial charge in [-0.15, -0.1) is 0 Å². The van der Waals surface area contributed by atoms with Crippen molar-refractivity contribution in [2.24, 2.45) is 0 Å². The van der Waals surface area contributed by atoms with Crippen LogP contribution in [0.5, 0.6) is 34.5 Å². The Morgan fingerprint density at radius 1 is 0.861 bits per heavy atom. The van der Waals surface area contributed by atoms with Crippen LogP contribution in [-0.2, 0) is 4.74 Å². The number of ether oxygens (including phenoxy) is 4. The van der Waals surface area contributed by atoms with Crippen molar-refractivity contribution >= 4 is 11.0 Å². The molecule has 0 unspecified atom stereocenters. The smallest absolute Gasteiger partial charge is 0.229 e. The second-order valence-corrected chi connectivity index (χ2v) is 7.97. The van der Waals surface area contributed by atoms with Gasteiger partial charge >= 0.3 is 0 Å². The first kappa shape index (κ1) is 25.3. The highest BCUT2D eigenvalue weighted by molar-refractivity contribution is 5.91. The van der Waals surface area contributed by atoms with Gasteiger partial charge < -0.3 is 59.1 Å². The lowest BCUT2D eigenvalue weighted by Gasteiger charge is -2.39. The van der Waals surface area contributed by atoms with Gasteiger partial charge in [-0.3, -0.25) is 4.79 Å². The summed E-state index contributed by atoms with van der Waals surface area (Å²) in [6.07, 6.45) is -8.14. The minimum atomic E-state index is -1.80. The first-order valence-corrected chi connectivity index (χ1v) is 10.6. The minimum absolute atomic E-state index is 0.0128. The predicted molar refractivity (Wildman–Crippen MR) is 120 cm³/mol. The third-order valence-electron chi connectivity index (χ3n) is 5.78. The van der Waals surface area contributed by atoms with Crippen LogP contribution in [0.15, 0.2) is 33.5 Å². The monoisotopic (exact) mass is 508 g/mol. The van der Waals surface area contributed by atoms with Gasteiger partial charge in [-0.25, -0.2) is 0 Å². The fourth-order valence-corrected chi connectivity index (χ4v) is 3.84. The highest BCUT2D eigenvalue weighted by Gasteiger charge is 2.45. The lowest BCUT2D eigenvalue weighted by Crippen LogP contribution is -2.60. The van der Waals surface area contributed by atoms with E-state index in [0.29, 0.717) is 0 Å². The number of hydrogen-bond donors (Lipinski definition) is 7. The summed E-state index contributed by atoms with van der Waals surface area (Å²) >= 11 is 0. The molecule has 36 heavy (non-hydrogen) atoms. The lowest BCUT2D eigenvalue weighted by molar-refractivity contribution is -0.277. The number of aliphatic hydroxyl groups is 4. The van der Waals surface area contributed by atoms with Gasteiger partial charge in [0.05, 0.1) is 20.8 Å². The van der Waals surface area contributed by atoms with Crippen molar-refractivity contribution in [2.45, 2.75) is 30.7 Å². The number of rotatable bonds is 6. The van der Waals surface area contributed by atoms with Crippen LogP contribution < -0.4 is 19.6 Å². The van der Waals surface area contributed by atoms with Crippen LogP contribution >= 0.6 is 0 Å². The Labute approximate surface area is 202 Å². The Bertz CT molecular complexity index is 1310. The van der Waals surface area contributed by atoms with Gasteiger partial charge in [0.1, 0.15) is 41.3 Å². The summed E-state index contributed by atoms with van der Waals surface area (Å²) in [5.74, 6) is -2.24. The van der Waals surface area contributed by atoms with Crippen LogP contribution in [0.4, 0.5) is 0 Å². The van der Waals surface area contributed by atoms with Crippen molar-refractivity contribution in [3.63, 3.8) is 0 Å². The van der Waals surface area contributed by atoms with E-state index < -0.39 is 65.6 Å². The first-order chi connectivity index (χ1) is 17.1. The van der Waals surface area contributed by atoms with E-state index in [2.05, 4.69) is 0 Å². The lowest BCUT2D eigenvalue weighted by atomic mass is 9.99. The topological polar surface area (TPSA) is 209 Å². The van der Waals surface area contributed by atoms with Crippen molar-refractivity contribution in [2.75, 3.05) is 20.8 Å². The quantitative estimate of drug-likeness (QED) is 0.215. The normalized spacial score (nSPS) is 24.0. The summed E-state index contributed by atoms with van der Waals surface area (Å²) in [6.45, 7) is -0.711. The van der Waals surface area contributed by atoms with Crippen molar-refractivity contribution in [3.05, 3.63) is 34.5 Å². The Morgan fingerprint density at radius 2 is 1.50 bits per heavy atom. The maximum Gasteiger partial charge on any atom is 0.229 e. The summed E-state index contributed by atoms with van der Waals surface area (Å²) in [4.78, 5) is 12.8. The van der Waals surface area contributed by atoms with Crippen LogP contribution in [0.25, 0.3) is 22.3 Å². The third-order valence-corrected chi connectivity index (χ3v) is 5.78. The zero-order valence-electron chi connectivity index (χ0n) is 19.0. The number of aromatic hydroxyl groups is 3. The van der Waals surface area contributed by atoms with Gasteiger partial charge in [-0.05, 0) is 12.1 Å². The first-order valence-electron chi connectivity index (χ1n) is 10.6. The molecule has 194 valence electrons. The van der Waals surface area contributed by atoms with Crippen molar-refractivity contribution in [1.29, 1.82) is 0 Å². The Kier molecular flexibility index (Phi) is 6.84. The van der Waals surface area contributed by atoms with Crippen LogP contribution in [0, 0.1) is 0 Å². The largest absolute Gasteiger partial charge is 0.507 e. The molecule has 0 radical (unpaired) electrons. The van der Waals surface area contributed by atoms with E-state index in [1.165, 1.54) is 26.4 Å². The molecule has 0 amide bonds. The molecule has 2 aromatic carbocycles. The molecule has 5 atom stereocenters. The maximum absolute atomic E-state index is 12.8. The number of phenols is 3. The molecule has 0 bridgehead atoms. The van der Waals surface area contributed by atoms with E-state index in [1.807, 2.05) is 0 Å². The average molecular weight is 508 g/mol. The molecule has 0 aliphatic carbocycles. The molecule has 1 aliphatic heterocycles. The summed E-state index contributed by atoms with van der Waals surface area (Å²) in [5, 5.41) is 70.5. The standard InChI is InChI=1S/C23H24O13/c1-32-12-3-8(4-13(33-2)17(12)27)11-5-9(25)16-10(26)6-14(19(29)22(16)34-11)35-23-21(31)20(30)18(28)15(7-24)36-23/h3-6,15,18,20-21,23-24,26-31H,7H2,1-2H3/t15-,18-,20+,21-,23-/m1/s1.